The summed E-state index contributed by atoms with van der Waals surface area (Å²) in [7, 11) is 0. The number of amides is 1. The monoisotopic (exact) mass is 287 g/mol. The lowest BCUT2D eigenvalue weighted by Gasteiger charge is -2.08. The predicted molar refractivity (Wildman–Crippen MR) is 80.0 cm³/mol. The van der Waals surface area contributed by atoms with Gasteiger partial charge < -0.3 is 10.1 Å². The van der Waals surface area contributed by atoms with Gasteiger partial charge in [0.15, 0.2) is 0 Å². The van der Waals surface area contributed by atoms with Crippen LogP contribution in [0.5, 0.6) is 5.75 Å². The van der Waals surface area contributed by atoms with Crippen LogP contribution in [0.1, 0.15) is 22.8 Å². The van der Waals surface area contributed by atoms with Gasteiger partial charge in [-0.15, -0.1) is 0 Å². The summed E-state index contributed by atoms with van der Waals surface area (Å²) in [4.78, 5) is 11.8. The molecule has 4 heteroatoms. The minimum atomic E-state index is -0.522. The third kappa shape index (κ3) is 4.31. The number of ether oxygens (including phenoxy) is 1. The van der Waals surface area contributed by atoms with Crippen molar-refractivity contribution < 1.29 is 13.9 Å². The van der Waals surface area contributed by atoms with Crippen LogP contribution in [-0.4, -0.2) is 19.1 Å². The molecule has 1 N–H and O–H groups in total. The van der Waals surface area contributed by atoms with Crippen molar-refractivity contribution in [3.05, 3.63) is 65.5 Å². The fraction of sp³-hybridized carbons (Fsp3) is 0.235. The van der Waals surface area contributed by atoms with Gasteiger partial charge in [0, 0.05) is 0 Å². The van der Waals surface area contributed by atoms with Gasteiger partial charge >= 0.3 is 0 Å². The number of carbonyl (C=O) groups is 1. The highest BCUT2D eigenvalue weighted by Gasteiger charge is 2.09. The molecule has 2 aromatic carbocycles. The number of carbonyl (C=O) groups excluding carboxylic acids is 1. The Balaban J connectivity index is 1.76. The van der Waals surface area contributed by atoms with Crippen molar-refractivity contribution >= 4 is 5.91 Å². The van der Waals surface area contributed by atoms with Crippen LogP contribution in [0.25, 0.3) is 0 Å². The van der Waals surface area contributed by atoms with Crippen molar-refractivity contribution in [1.82, 2.24) is 5.32 Å². The normalized spacial score (nSPS) is 10.2. The van der Waals surface area contributed by atoms with E-state index in [2.05, 4.69) is 12.2 Å². The van der Waals surface area contributed by atoms with Crippen LogP contribution in [0, 0.1) is 5.82 Å². The Labute approximate surface area is 123 Å². The van der Waals surface area contributed by atoms with E-state index in [0.29, 0.717) is 13.2 Å². The fourth-order valence-electron chi connectivity index (χ4n) is 1.90. The van der Waals surface area contributed by atoms with Crippen LogP contribution < -0.4 is 10.1 Å². The first-order chi connectivity index (χ1) is 10.2. The molecule has 0 aliphatic heterocycles. The smallest absolute Gasteiger partial charge is 0.254 e. The summed E-state index contributed by atoms with van der Waals surface area (Å²) in [6.45, 7) is 2.75. The summed E-state index contributed by atoms with van der Waals surface area (Å²) in [6, 6.07) is 13.7. The molecule has 0 bridgehead atoms. The highest BCUT2D eigenvalue weighted by molar-refractivity contribution is 5.94. The van der Waals surface area contributed by atoms with Crippen LogP contribution in [0.4, 0.5) is 4.39 Å². The Hall–Kier alpha value is -2.36. The summed E-state index contributed by atoms with van der Waals surface area (Å²) in [5, 5.41) is 2.63. The maximum atomic E-state index is 13.4. The Bertz CT molecular complexity index is 596. The molecule has 0 heterocycles. The SMILES string of the molecule is CCc1ccc(OCCNC(=O)c2ccccc2F)cc1. The first-order valence-electron chi connectivity index (χ1n) is 6.95. The summed E-state index contributed by atoms with van der Waals surface area (Å²) < 4.78 is 18.9. The summed E-state index contributed by atoms with van der Waals surface area (Å²) in [6.07, 6.45) is 0.985. The molecule has 2 aromatic rings. The van der Waals surface area contributed by atoms with Gasteiger partial charge in [-0.1, -0.05) is 31.2 Å². The van der Waals surface area contributed by atoms with Crippen LogP contribution >= 0.6 is 0 Å². The van der Waals surface area contributed by atoms with Gasteiger partial charge in [0.2, 0.25) is 0 Å². The number of aryl methyl sites for hydroxylation is 1. The van der Waals surface area contributed by atoms with Crippen molar-refractivity contribution in [2.24, 2.45) is 0 Å². The largest absolute Gasteiger partial charge is 0.492 e. The van der Waals surface area contributed by atoms with Crippen molar-refractivity contribution in [2.45, 2.75) is 13.3 Å². The van der Waals surface area contributed by atoms with E-state index in [-0.39, 0.29) is 5.56 Å². The van der Waals surface area contributed by atoms with Gasteiger partial charge in [-0.3, -0.25) is 4.79 Å². The molecule has 0 unspecified atom stereocenters. The number of hydrogen-bond donors (Lipinski definition) is 1. The molecule has 0 spiro atoms. The Kier molecular flexibility index (Phi) is 5.32. The predicted octanol–water partition coefficient (Wildman–Crippen LogP) is 3.20. The molecule has 21 heavy (non-hydrogen) atoms. The molecule has 0 saturated carbocycles. The van der Waals surface area contributed by atoms with Gasteiger partial charge in [0.1, 0.15) is 18.2 Å². The molecule has 0 aliphatic carbocycles. The standard InChI is InChI=1S/C17H18FNO2/c1-2-13-7-9-14(10-8-13)21-12-11-19-17(20)15-5-3-4-6-16(15)18/h3-10H,2,11-12H2,1H3,(H,19,20). The second-order valence-corrected chi connectivity index (χ2v) is 4.58. The average Bonchev–Trinajstić information content (AvgIpc) is 2.52. The zero-order chi connectivity index (χ0) is 15.1. The van der Waals surface area contributed by atoms with E-state index in [9.17, 15) is 9.18 Å². The van der Waals surface area contributed by atoms with E-state index < -0.39 is 11.7 Å². The van der Waals surface area contributed by atoms with E-state index in [1.807, 2.05) is 24.3 Å². The fourth-order valence-corrected chi connectivity index (χ4v) is 1.90. The van der Waals surface area contributed by atoms with E-state index >= 15 is 0 Å². The quantitative estimate of drug-likeness (QED) is 0.829. The second kappa shape index (κ2) is 7.43. The van der Waals surface area contributed by atoms with Crippen LogP contribution in [0.15, 0.2) is 48.5 Å². The average molecular weight is 287 g/mol. The minimum absolute atomic E-state index is 0.0461. The van der Waals surface area contributed by atoms with E-state index in [1.54, 1.807) is 12.1 Å². The second-order valence-electron chi connectivity index (χ2n) is 4.58. The minimum Gasteiger partial charge on any atom is -0.492 e. The molecule has 0 atom stereocenters. The first kappa shape index (κ1) is 15.0. The van der Waals surface area contributed by atoms with Crippen LogP contribution in [0.3, 0.4) is 0 Å². The lowest BCUT2D eigenvalue weighted by Crippen LogP contribution is -2.28. The molecule has 110 valence electrons. The van der Waals surface area contributed by atoms with Crippen molar-refractivity contribution in [3.63, 3.8) is 0 Å². The number of rotatable bonds is 6. The Morgan fingerprint density at radius 2 is 1.86 bits per heavy atom. The molecule has 0 saturated heterocycles. The topological polar surface area (TPSA) is 38.3 Å². The molecule has 0 fully saturated rings. The summed E-state index contributed by atoms with van der Waals surface area (Å²) in [5.41, 5.74) is 1.29. The molecule has 3 nitrogen and oxygen atoms in total. The van der Waals surface area contributed by atoms with Crippen molar-refractivity contribution in [2.75, 3.05) is 13.2 Å². The molecular formula is C17H18FNO2. The zero-order valence-corrected chi connectivity index (χ0v) is 11.9. The third-order valence-electron chi connectivity index (χ3n) is 3.11. The van der Waals surface area contributed by atoms with Gasteiger partial charge in [0.25, 0.3) is 5.91 Å². The molecular weight excluding hydrogens is 269 g/mol. The third-order valence-corrected chi connectivity index (χ3v) is 3.11. The van der Waals surface area contributed by atoms with Crippen molar-refractivity contribution in [3.8, 4) is 5.75 Å². The number of halogens is 1. The van der Waals surface area contributed by atoms with Crippen molar-refractivity contribution in [1.29, 1.82) is 0 Å². The highest BCUT2D eigenvalue weighted by atomic mass is 19.1. The first-order valence-corrected chi connectivity index (χ1v) is 6.95. The highest BCUT2D eigenvalue weighted by Crippen LogP contribution is 2.12. The van der Waals surface area contributed by atoms with Crippen LogP contribution in [-0.2, 0) is 6.42 Å². The van der Waals surface area contributed by atoms with Gasteiger partial charge in [-0.25, -0.2) is 4.39 Å². The summed E-state index contributed by atoms with van der Waals surface area (Å²) >= 11 is 0. The maximum absolute atomic E-state index is 13.4. The lowest BCUT2D eigenvalue weighted by atomic mass is 10.2. The number of hydrogen-bond acceptors (Lipinski definition) is 2. The van der Waals surface area contributed by atoms with E-state index in [4.69, 9.17) is 4.74 Å². The van der Waals surface area contributed by atoms with Crippen LogP contribution in [0.2, 0.25) is 0 Å². The lowest BCUT2D eigenvalue weighted by molar-refractivity contribution is 0.0943. The maximum Gasteiger partial charge on any atom is 0.254 e. The van der Waals surface area contributed by atoms with Gasteiger partial charge in [-0.05, 0) is 36.2 Å². The summed E-state index contributed by atoms with van der Waals surface area (Å²) in [5.74, 6) is -0.198. The van der Waals surface area contributed by atoms with E-state index in [0.717, 1.165) is 12.2 Å². The molecule has 0 radical (unpaired) electrons. The molecule has 0 aromatic heterocycles. The number of benzene rings is 2. The van der Waals surface area contributed by atoms with Gasteiger partial charge in [0.05, 0.1) is 12.1 Å². The van der Waals surface area contributed by atoms with E-state index in [1.165, 1.54) is 17.7 Å². The van der Waals surface area contributed by atoms with Gasteiger partial charge in [-0.2, -0.15) is 0 Å². The zero-order valence-electron chi connectivity index (χ0n) is 11.9. The Morgan fingerprint density at radius 1 is 1.14 bits per heavy atom. The number of nitrogens with one attached hydrogen (secondary N) is 1. The molecule has 2 rings (SSSR count). The molecule has 0 aliphatic rings. The molecule has 1 amide bonds. The Morgan fingerprint density at radius 3 is 2.52 bits per heavy atom.